The Labute approximate surface area is 165 Å². The Morgan fingerprint density at radius 3 is 2.68 bits per heavy atom. The second kappa shape index (κ2) is 8.48. The van der Waals surface area contributed by atoms with Crippen molar-refractivity contribution < 1.29 is 14.3 Å². The van der Waals surface area contributed by atoms with Crippen LogP contribution in [-0.2, 0) is 6.54 Å². The van der Waals surface area contributed by atoms with Crippen molar-refractivity contribution in [2.45, 2.75) is 19.5 Å². The van der Waals surface area contributed by atoms with Crippen LogP contribution < -0.4 is 14.8 Å². The van der Waals surface area contributed by atoms with Gasteiger partial charge in [-0.15, -0.1) is 0 Å². The zero-order chi connectivity index (χ0) is 19.3. The number of benzene rings is 1. The van der Waals surface area contributed by atoms with E-state index in [1.165, 1.54) is 5.56 Å². The van der Waals surface area contributed by atoms with Gasteiger partial charge in [-0.1, -0.05) is 12.1 Å². The number of nitrogens with zero attached hydrogens (tertiary/aromatic N) is 3. The smallest absolute Gasteiger partial charge is 0.317 e. The van der Waals surface area contributed by atoms with Crippen LogP contribution in [-0.4, -0.2) is 60.2 Å². The first-order valence-corrected chi connectivity index (χ1v) is 9.75. The van der Waals surface area contributed by atoms with Crippen LogP contribution in [0.1, 0.15) is 24.1 Å². The van der Waals surface area contributed by atoms with Crippen molar-refractivity contribution in [1.82, 2.24) is 20.1 Å². The Kier molecular flexibility index (Phi) is 5.62. The Bertz CT molecular complexity index is 807. The third kappa shape index (κ3) is 4.36. The number of pyridine rings is 1. The predicted molar refractivity (Wildman–Crippen MR) is 105 cm³/mol. The fourth-order valence-electron chi connectivity index (χ4n) is 3.55. The summed E-state index contributed by atoms with van der Waals surface area (Å²) in [5.41, 5.74) is 2.21. The lowest BCUT2D eigenvalue weighted by Gasteiger charge is -2.35. The number of nitrogens with one attached hydrogen (secondary N) is 1. The monoisotopic (exact) mass is 382 g/mol. The fourth-order valence-corrected chi connectivity index (χ4v) is 3.55. The van der Waals surface area contributed by atoms with Gasteiger partial charge in [0, 0.05) is 45.1 Å². The Hall–Kier alpha value is -2.80. The van der Waals surface area contributed by atoms with Crippen LogP contribution in [0, 0.1) is 0 Å². The number of rotatable bonds is 4. The molecule has 1 fully saturated rings. The van der Waals surface area contributed by atoms with Crippen LogP contribution >= 0.6 is 0 Å². The number of urea groups is 1. The summed E-state index contributed by atoms with van der Waals surface area (Å²) in [7, 11) is 0. The van der Waals surface area contributed by atoms with Crippen LogP contribution in [0.2, 0.25) is 0 Å². The molecule has 0 bridgehead atoms. The van der Waals surface area contributed by atoms with Gasteiger partial charge in [0.25, 0.3) is 0 Å². The van der Waals surface area contributed by atoms with Gasteiger partial charge in [0.1, 0.15) is 13.2 Å². The number of ether oxygens (including phenoxy) is 2. The Balaban J connectivity index is 1.28. The van der Waals surface area contributed by atoms with E-state index in [1.807, 2.05) is 42.3 Å². The summed E-state index contributed by atoms with van der Waals surface area (Å²) in [6.45, 7) is 7.16. The molecule has 0 radical (unpaired) electrons. The van der Waals surface area contributed by atoms with E-state index in [0.717, 1.165) is 49.8 Å². The molecule has 1 N–H and O–H groups in total. The van der Waals surface area contributed by atoms with E-state index in [-0.39, 0.29) is 12.1 Å². The molecule has 3 heterocycles. The topological polar surface area (TPSA) is 66.9 Å². The summed E-state index contributed by atoms with van der Waals surface area (Å²) in [6, 6.07) is 9.75. The number of carbonyl (C=O) groups excluding carboxylic acids is 1. The highest BCUT2D eigenvalue weighted by Gasteiger charge is 2.23. The van der Waals surface area contributed by atoms with E-state index in [2.05, 4.69) is 21.3 Å². The summed E-state index contributed by atoms with van der Waals surface area (Å²) >= 11 is 0. The molecule has 2 aromatic rings. The van der Waals surface area contributed by atoms with Gasteiger partial charge in [-0.05, 0) is 36.2 Å². The summed E-state index contributed by atoms with van der Waals surface area (Å²) in [5, 5.41) is 3.10. The van der Waals surface area contributed by atoms with Crippen LogP contribution in [0.25, 0.3) is 0 Å². The van der Waals surface area contributed by atoms with Gasteiger partial charge in [-0.3, -0.25) is 9.88 Å². The first kappa shape index (κ1) is 18.6. The second-order valence-corrected chi connectivity index (χ2v) is 7.20. The predicted octanol–water partition coefficient (Wildman–Crippen LogP) is 2.44. The molecule has 0 saturated carbocycles. The van der Waals surface area contributed by atoms with E-state index in [0.29, 0.717) is 13.2 Å². The molecule has 28 heavy (non-hydrogen) atoms. The average molecular weight is 382 g/mol. The zero-order valence-electron chi connectivity index (χ0n) is 16.1. The van der Waals surface area contributed by atoms with Crippen molar-refractivity contribution in [1.29, 1.82) is 0 Å². The largest absolute Gasteiger partial charge is 0.486 e. The van der Waals surface area contributed by atoms with Gasteiger partial charge in [0.15, 0.2) is 11.5 Å². The summed E-state index contributed by atoms with van der Waals surface area (Å²) < 4.78 is 11.2. The SMILES string of the molecule is C[C@H](NC(=O)N1CCN(Cc2cccnc2)CC1)c1ccc2c(c1)OCCO2. The van der Waals surface area contributed by atoms with Crippen molar-refractivity contribution in [3.05, 3.63) is 53.9 Å². The van der Waals surface area contributed by atoms with Gasteiger partial charge in [-0.25, -0.2) is 4.79 Å². The summed E-state index contributed by atoms with van der Waals surface area (Å²) in [4.78, 5) is 21.1. The van der Waals surface area contributed by atoms with E-state index < -0.39 is 0 Å². The van der Waals surface area contributed by atoms with E-state index in [1.54, 1.807) is 6.20 Å². The van der Waals surface area contributed by atoms with Crippen molar-refractivity contribution in [3.8, 4) is 11.5 Å². The molecule has 4 rings (SSSR count). The molecular formula is C21H26N4O3. The van der Waals surface area contributed by atoms with E-state index in [9.17, 15) is 4.79 Å². The number of fused-ring (bicyclic) bond motifs is 1. The normalized spacial score (nSPS) is 17.8. The molecule has 1 saturated heterocycles. The Morgan fingerprint density at radius 1 is 1.14 bits per heavy atom. The minimum absolute atomic E-state index is 0.0246. The van der Waals surface area contributed by atoms with Crippen molar-refractivity contribution in [2.75, 3.05) is 39.4 Å². The fraction of sp³-hybridized carbons (Fsp3) is 0.429. The van der Waals surface area contributed by atoms with E-state index in [4.69, 9.17) is 9.47 Å². The third-order valence-electron chi connectivity index (χ3n) is 5.19. The number of hydrogen-bond acceptors (Lipinski definition) is 5. The van der Waals surface area contributed by atoms with Crippen molar-refractivity contribution in [3.63, 3.8) is 0 Å². The molecule has 2 aliphatic heterocycles. The number of amides is 2. The van der Waals surface area contributed by atoms with Gasteiger partial charge in [-0.2, -0.15) is 0 Å². The number of carbonyl (C=O) groups is 1. The maximum absolute atomic E-state index is 12.7. The molecule has 2 aliphatic rings. The minimum atomic E-state index is -0.100. The highest BCUT2D eigenvalue weighted by atomic mass is 16.6. The standard InChI is InChI=1S/C21H26N4O3/c1-16(18-4-5-19-20(13-18)28-12-11-27-19)23-21(26)25-9-7-24(8-10-25)15-17-3-2-6-22-14-17/h2-6,13-14,16H,7-12,15H2,1H3,(H,23,26)/t16-/m0/s1. The average Bonchev–Trinajstić information content (AvgIpc) is 2.74. The summed E-state index contributed by atoms with van der Waals surface area (Å²) in [5.74, 6) is 1.51. The van der Waals surface area contributed by atoms with E-state index >= 15 is 0 Å². The molecule has 7 heteroatoms. The van der Waals surface area contributed by atoms with Crippen LogP contribution in [0.3, 0.4) is 0 Å². The minimum Gasteiger partial charge on any atom is -0.486 e. The molecule has 148 valence electrons. The van der Waals surface area contributed by atoms with Gasteiger partial charge < -0.3 is 19.7 Å². The van der Waals surface area contributed by atoms with Crippen LogP contribution in [0.5, 0.6) is 11.5 Å². The second-order valence-electron chi connectivity index (χ2n) is 7.20. The molecule has 1 aromatic carbocycles. The van der Waals surface area contributed by atoms with Crippen LogP contribution in [0.15, 0.2) is 42.7 Å². The third-order valence-corrected chi connectivity index (χ3v) is 5.19. The highest BCUT2D eigenvalue weighted by Crippen LogP contribution is 2.32. The van der Waals surface area contributed by atoms with Crippen molar-refractivity contribution >= 4 is 6.03 Å². The maximum Gasteiger partial charge on any atom is 0.317 e. The lowest BCUT2D eigenvalue weighted by Crippen LogP contribution is -2.51. The number of piperazine rings is 1. The maximum atomic E-state index is 12.7. The molecule has 1 aromatic heterocycles. The molecule has 1 atom stereocenters. The molecule has 0 unspecified atom stereocenters. The van der Waals surface area contributed by atoms with Crippen molar-refractivity contribution in [2.24, 2.45) is 0 Å². The molecule has 7 nitrogen and oxygen atoms in total. The number of hydrogen-bond donors (Lipinski definition) is 1. The first-order valence-electron chi connectivity index (χ1n) is 9.75. The lowest BCUT2D eigenvalue weighted by molar-refractivity contribution is 0.133. The molecule has 0 aliphatic carbocycles. The van der Waals surface area contributed by atoms with Crippen LogP contribution in [0.4, 0.5) is 4.79 Å². The molecule has 0 spiro atoms. The lowest BCUT2D eigenvalue weighted by atomic mass is 10.1. The zero-order valence-corrected chi connectivity index (χ0v) is 16.1. The first-order chi connectivity index (χ1) is 13.7. The number of aromatic nitrogens is 1. The molecule has 2 amide bonds. The quantitative estimate of drug-likeness (QED) is 0.880. The highest BCUT2D eigenvalue weighted by molar-refractivity contribution is 5.75. The Morgan fingerprint density at radius 2 is 1.93 bits per heavy atom. The van der Waals surface area contributed by atoms with Gasteiger partial charge in [0.2, 0.25) is 0 Å². The van der Waals surface area contributed by atoms with Gasteiger partial charge in [0.05, 0.1) is 6.04 Å². The van der Waals surface area contributed by atoms with Gasteiger partial charge >= 0.3 is 6.03 Å². The summed E-state index contributed by atoms with van der Waals surface area (Å²) in [6.07, 6.45) is 3.68. The molecular weight excluding hydrogens is 356 g/mol.